The molecule has 0 saturated heterocycles. The van der Waals surface area contributed by atoms with Crippen LogP contribution in [0.5, 0.6) is 0 Å². The Hall–Kier alpha value is -6.66. The van der Waals surface area contributed by atoms with Crippen molar-refractivity contribution in [3.05, 3.63) is 130 Å². The molecule has 6 N–H and O–H groups in total. The molecule has 0 aliphatic rings. The van der Waals surface area contributed by atoms with Gasteiger partial charge in [0.2, 0.25) is 20.0 Å². The van der Waals surface area contributed by atoms with Gasteiger partial charge in [0.25, 0.3) is 5.69 Å². The Kier molecular flexibility index (Phi) is 24.2. The number of nitrogens with one attached hydrogen (secondary N) is 2. The van der Waals surface area contributed by atoms with Crippen LogP contribution in [0.4, 0.5) is 21.0 Å². The normalized spacial score (nSPS) is 13.8. The molecular formula is C56H78N8O12S2. The minimum Gasteiger partial charge on any atom is -0.444 e. The molecule has 0 heterocycles. The number of carbonyl (C=O) groups excluding carboxylic acids is 2. The first-order valence-corrected chi connectivity index (χ1v) is 28.3. The lowest BCUT2D eigenvalue weighted by Crippen LogP contribution is -2.52. The number of carbonyl (C=O) groups is 2. The van der Waals surface area contributed by atoms with Crippen LogP contribution < -0.4 is 16.4 Å². The Labute approximate surface area is 460 Å². The fourth-order valence-corrected chi connectivity index (χ4v) is 11.4. The second-order valence-corrected chi connectivity index (χ2v) is 26.5. The maximum Gasteiger partial charge on any atom is 0.407 e. The van der Waals surface area contributed by atoms with Crippen molar-refractivity contribution in [2.75, 3.05) is 31.9 Å². The number of aliphatic hydroxyl groups is 2. The van der Waals surface area contributed by atoms with E-state index >= 15 is 0 Å². The molecule has 2 unspecified atom stereocenters. The molecule has 0 aliphatic heterocycles. The van der Waals surface area contributed by atoms with Crippen LogP contribution >= 0.6 is 0 Å². The first kappa shape index (κ1) is 65.6. The van der Waals surface area contributed by atoms with Gasteiger partial charge < -0.3 is 36.1 Å². The van der Waals surface area contributed by atoms with Crippen LogP contribution in [0.25, 0.3) is 0 Å². The lowest BCUT2D eigenvalue weighted by molar-refractivity contribution is -0.385. The number of nitrogens with two attached hydrogens (primary N) is 1. The number of nitrogen functional groups attached to an aromatic ring is 1. The van der Waals surface area contributed by atoms with E-state index in [1.54, 1.807) is 67.5 Å². The molecule has 426 valence electrons. The van der Waals surface area contributed by atoms with Gasteiger partial charge in [0, 0.05) is 56.8 Å². The highest BCUT2D eigenvalue weighted by Crippen LogP contribution is 2.31. The highest BCUT2D eigenvalue weighted by Gasteiger charge is 2.37. The second-order valence-electron chi connectivity index (χ2n) is 22.6. The molecule has 78 heavy (non-hydrogen) atoms. The molecule has 0 fully saturated rings. The maximum absolute atomic E-state index is 13.8. The van der Waals surface area contributed by atoms with Crippen LogP contribution in [0.2, 0.25) is 0 Å². The SMILES string of the molecule is CC(C)(CCC#N)CN(CC(O)[C@H](Cc1ccccc1)NC(=O)OC(C)(C)C)S(=O)(=O)c1cccc(N)c1.CC(C)(CCC#N)CN(CC(O)[C@H](Cc1ccccc1)NC(=O)OC(C)(C)C)S(=O)(=O)c1cccc([N+](=O)[O-])c1. The average molecular weight is 1120 g/mol. The minimum atomic E-state index is -4.33. The predicted molar refractivity (Wildman–Crippen MR) is 297 cm³/mol. The summed E-state index contributed by atoms with van der Waals surface area (Å²) in [6.45, 7) is 16.9. The quantitative estimate of drug-likeness (QED) is 0.0236. The fourth-order valence-electron chi connectivity index (χ4n) is 8.02. The summed E-state index contributed by atoms with van der Waals surface area (Å²) < 4.78 is 68.1. The Bertz CT molecular complexity index is 2900. The molecule has 0 bridgehead atoms. The summed E-state index contributed by atoms with van der Waals surface area (Å²) in [5.74, 6) is 0. The number of hydrogen-bond donors (Lipinski definition) is 5. The maximum atomic E-state index is 13.8. The third kappa shape index (κ3) is 22.7. The number of alkyl carbamates (subject to hydrolysis) is 2. The summed E-state index contributed by atoms with van der Waals surface area (Å²) in [6, 6.07) is 31.4. The van der Waals surface area contributed by atoms with Crippen LogP contribution in [-0.4, -0.2) is 114 Å². The predicted octanol–water partition coefficient (Wildman–Crippen LogP) is 8.50. The van der Waals surface area contributed by atoms with E-state index in [9.17, 15) is 46.8 Å². The zero-order valence-corrected chi connectivity index (χ0v) is 48.0. The van der Waals surface area contributed by atoms with Gasteiger partial charge in [0.15, 0.2) is 0 Å². The number of nitrogens with zero attached hydrogens (tertiary/aromatic N) is 5. The van der Waals surface area contributed by atoms with Crippen molar-refractivity contribution >= 4 is 43.6 Å². The molecule has 0 radical (unpaired) electrons. The van der Waals surface area contributed by atoms with Crippen LogP contribution in [0.3, 0.4) is 0 Å². The Morgan fingerprint density at radius 3 is 1.35 bits per heavy atom. The van der Waals surface area contributed by atoms with E-state index in [0.717, 1.165) is 21.5 Å². The minimum absolute atomic E-state index is 0.000457. The van der Waals surface area contributed by atoms with E-state index < -0.39 is 90.0 Å². The Morgan fingerprint density at radius 1 is 0.628 bits per heavy atom. The van der Waals surface area contributed by atoms with Crippen molar-refractivity contribution in [2.45, 2.75) is 153 Å². The highest BCUT2D eigenvalue weighted by atomic mass is 32.2. The number of anilines is 1. The molecule has 0 spiro atoms. The van der Waals surface area contributed by atoms with E-state index in [1.165, 1.54) is 34.6 Å². The lowest BCUT2D eigenvalue weighted by atomic mass is 9.88. The summed E-state index contributed by atoms with van der Waals surface area (Å²) in [7, 11) is -8.41. The van der Waals surface area contributed by atoms with Crippen molar-refractivity contribution < 1.29 is 51.0 Å². The van der Waals surface area contributed by atoms with Gasteiger partial charge in [-0.2, -0.15) is 19.1 Å². The van der Waals surface area contributed by atoms with Gasteiger partial charge in [-0.25, -0.2) is 26.4 Å². The number of sulfonamides is 2. The molecule has 0 saturated carbocycles. The Morgan fingerprint density at radius 2 is 1.00 bits per heavy atom. The topological polar surface area (TPSA) is 309 Å². The summed E-state index contributed by atoms with van der Waals surface area (Å²) in [5, 5.41) is 57.6. The number of ether oxygens (including phenoxy) is 2. The second kappa shape index (κ2) is 28.8. The number of non-ortho nitro benzene ring substituents is 1. The van der Waals surface area contributed by atoms with E-state index in [-0.39, 0.29) is 60.8 Å². The molecule has 22 heteroatoms. The number of rotatable bonds is 25. The van der Waals surface area contributed by atoms with Gasteiger partial charge in [-0.05, 0) is 113 Å². The standard InChI is InChI=1S/C28H38N4O7S.C28H40N4O5S/c1-27(2,3)39-26(34)30-24(17-21-11-7-6-8-12-21)25(33)19-31(20-28(4,5)15-10-16-29)40(37,38)23-14-9-13-22(18-23)32(35)36;1-27(2,3)37-26(34)31-24(17-21-11-7-6-8-12-21)25(33)19-32(20-28(4,5)15-10-16-29)38(35,36)23-14-9-13-22(30)18-23/h6-9,11-14,18,24-25,33H,10,15,17,19-20H2,1-5H3,(H,30,34);6-9,11-14,18,24-25,33H,10,15,17,19-20,30H2,1-5H3,(H,31,34)/t2*24-,25?/m00/s1. The number of nitro benzene ring substituents is 1. The first-order valence-electron chi connectivity index (χ1n) is 25.4. The molecule has 20 nitrogen and oxygen atoms in total. The van der Waals surface area contributed by atoms with Crippen molar-refractivity contribution in [1.82, 2.24) is 19.2 Å². The van der Waals surface area contributed by atoms with Gasteiger partial charge in [-0.15, -0.1) is 0 Å². The number of benzene rings is 4. The van der Waals surface area contributed by atoms with E-state index in [2.05, 4.69) is 22.8 Å². The van der Waals surface area contributed by atoms with Crippen LogP contribution in [0.1, 0.15) is 106 Å². The van der Waals surface area contributed by atoms with E-state index in [4.69, 9.17) is 25.7 Å². The van der Waals surface area contributed by atoms with Crippen molar-refractivity contribution in [2.24, 2.45) is 10.8 Å². The fraction of sp³-hybridized carbons (Fsp3) is 0.500. The molecule has 2 amide bonds. The van der Waals surface area contributed by atoms with Crippen molar-refractivity contribution in [1.29, 1.82) is 10.5 Å². The number of amides is 2. The monoisotopic (exact) mass is 1120 g/mol. The molecule has 4 atom stereocenters. The van der Waals surface area contributed by atoms with Crippen molar-refractivity contribution in [3.63, 3.8) is 0 Å². The number of hydrogen-bond acceptors (Lipinski definition) is 15. The van der Waals surface area contributed by atoms with E-state index in [1.807, 2.05) is 74.5 Å². The molecule has 4 aromatic rings. The largest absolute Gasteiger partial charge is 0.444 e. The third-order valence-corrected chi connectivity index (χ3v) is 15.5. The number of aliphatic hydroxyl groups excluding tert-OH is 2. The highest BCUT2D eigenvalue weighted by molar-refractivity contribution is 7.89. The molecule has 0 aliphatic carbocycles. The molecule has 4 rings (SSSR count). The van der Waals surface area contributed by atoms with Crippen LogP contribution in [0, 0.1) is 43.6 Å². The van der Waals surface area contributed by atoms with Gasteiger partial charge in [-0.3, -0.25) is 10.1 Å². The smallest absolute Gasteiger partial charge is 0.407 e. The zero-order valence-electron chi connectivity index (χ0n) is 46.4. The Balaban J connectivity index is 0.000000411. The number of nitro groups is 1. The van der Waals surface area contributed by atoms with Gasteiger partial charge in [0.05, 0.1) is 51.1 Å². The number of nitriles is 2. The molecule has 0 aromatic heterocycles. The van der Waals surface area contributed by atoms with Gasteiger partial charge in [-0.1, -0.05) is 100 Å². The average Bonchev–Trinajstić information content (AvgIpc) is 3.34. The zero-order chi connectivity index (χ0) is 58.7. The van der Waals surface area contributed by atoms with Crippen LogP contribution in [-0.2, 0) is 42.4 Å². The van der Waals surface area contributed by atoms with Crippen molar-refractivity contribution in [3.8, 4) is 12.1 Å². The van der Waals surface area contributed by atoms with Gasteiger partial charge in [0.1, 0.15) is 11.2 Å². The lowest BCUT2D eigenvalue weighted by Gasteiger charge is -2.35. The van der Waals surface area contributed by atoms with Gasteiger partial charge >= 0.3 is 12.2 Å². The van der Waals surface area contributed by atoms with Crippen LogP contribution in [0.15, 0.2) is 119 Å². The first-order chi connectivity index (χ1) is 36.2. The third-order valence-electron chi connectivity index (χ3n) is 11.9. The molecule has 4 aromatic carbocycles. The summed E-state index contributed by atoms with van der Waals surface area (Å²) in [6.07, 6.45) is -2.40. The summed E-state index contributed by atoms with van der Waals surface area (Å²) in [4.78, 5) is 35.6. The summed E-state index contributed by atoms with van der Waals surface area (Å²) >= 11 is 0. The summed E-state index contributed by atoms with van der Waals surface area (Å²) in [5.41, 5.74) is 4.64. The van der Waals surface area contributed by atoms with E-state index in [0.29, 0.717) is 18.5 Å². The molecular weight excluding hydrogens is 1040 g/mol.